The highest BCUT2D eigenvalue weighted by Crippen LogP contribution is 2.30. The number of primary amides is 1. The smallest absolute Gasteiger partial charge is 0.270 e. The zero-order valence-electron chi connectivity index (χ0n) is 11.9. The molecule has 2 N–H and O–H groups in total. The van der Waals surface area contributed by atoms with E-state index in [0.717, 1.165) is 15.6 Å². The number of hydrogen-bond donors (Lipinski definition) is 1. The molecule has 0 spiro atoms. The highest BCUT2D eigenvalue weighted by atomic mass is 32.2. The number of hydrogen-bond acceptors (Lipinski definition) is 6. The molecule has 0 saturated carbocycles. The van der Waals surface area contributed by atoms with Gasteiger partial charge in [-0.15, -0.1) is 16.4 Å². The van der Waals surface area contributed by atoms with Crippen molar-refractivity contribution in [2.45, 2.75) is 29.4 Å². The van der Waals surface area contributed by atoms with E-state index in [4.69, 9.17) is 5.73 Å². The highest BCUT2D eigenvalue weighted by Gasteiger charge is 2.41. The van der Waals surface area contributed by atoms with E-state index in [1.54, 1.807) is 11.4 Å². The lowest BCUT2D eigenvalue weighted by atomic mass is 10.2. The molecule has 2 atom stereocenters. The summed E-state index contributed by atoms with van der Waals surface area (Å²) >= 11 is 1.09. The van der Waals surface area contributed by atoms with E-state index in [9.17, 15) is 17.6 Å². The summed E-state index contributed by atoms with van der Waals surface area (Å²) in [6, 6.07) is 2.52. The minimum atomic E-state index is -3.75. The Bertz CT molecular complexity index is 805. The van der Waals surface area contributed by atoms with Gasteiger partial charge in [0.25, 0.3) is 15.9 Å². The summed E-state index contributed by atoms with van der Waals surface area (Å²) in [5, 5.41) is 8.98. The van der Waals surface area contributed by atoms with Crippen molar-refractivity contribution in [2.24, 2.45) is 5.73 Å². The van der Waals surface area contributed by atoms with Gasteiger partial charge < -0.3 is 5.73 Å². The van der Waals surface area contributed by atoms with Crippen LogP contribution < -0.4 is 5.73 Å². The number of sulfonamides is 1. The molecular weight excluding hydrogens is 345 g/mol. The van der Waals surface area contributed by atoms with Crippen molar-refractivity contribution in [1.29, 1.82) is 0 Å². The zero-order chi connectivity index (χ0) is 16.6. The van der Waals surface area contributed by atoms with Crippen LogP contribution in [0.4, 0.5) is 4.39 Å². The summed E-state index contributed by atoms with van der Waals surface area (Å²) in [5.41, 5.74) is 5.08. The number of nitrogens with two attached hydrogens (primary N) is 1. The van der Waals surface area contributed by atoms with Crippen molar-refractivity contribution in [2.75, 3.05) is 6.54 Å². The molecule has 2 aromatic heterocycles. The zero-order valence-corrected chi connectivity index (χ0v) is 13.5. The molecule has 23 heavy (non-hydrogen) atoms. The number of halogens is 1. The van der Waals surface area contributed by atoms with Crippen LogP contribution in [-0.2, 0) is 16.6 Å². The Morgan fingerprint density at radius 1 is 1.52 bits per heavy atom. The van der Waals surface area contributed by atoms with Crippen LogP contribution in [0, 0.1) is 0 Å². The fourth-order valence-electron chi connectivity index (χ4n) is 2.53. The lowest BCUT2D eigenvalue weighted by Crippen LogP contribution is -2.38. The third-order valence-corrected chi connectivity index (χ3v) is 6.85. The van der Waals surface area contributed by atoms with Crippen LogP contribution in [0.3, 0.4) is 0 Å². The molecule has 1 aliphatic rings. The van der Waals surface area contributed by atoms with Crippen molar-refractivity contribution >= 4 is 27.3 Å². The van der Waals surface area contributed by atoms with Gasteiger partial charge in [-0.1, -0.05) is 11.3 Å². The van der Waals surface area contributed by atoms with Crippen molar-refractivity contribution < 1.29 is 17.6 Å². The van der Waals surface area contributed by atoms with Crippen LogP contribution in [0.2, 0.25) is 0 Å². The number of amides is 1. The van der Waals surface area contributed by atoms with Gasteiger partial charge >= 0.3 is 0 Å². The molecule has 1 aliphatic heterocycles. The van der Waals surface area contributed by atoms with Crippen LogP contribution in [-0.4, -0.2) is 52.4 Å². The second-order valence-electron chi connectivity index (χ2n) is 5.18. The maximum Gasteiger partial charge on any atom is 0.270 e. The molecular formula is C12H14FN5O3S2. The molecule has 124 valence electrons. The molecule has 1 fully saturated rings. The van der Waals surface area contributed by atoms with E-state index in [-0.39, 0.29) is 29.4 Å². The maximum absolute atomic E-state index is 13.8. The van der Waals surface area contributed by atoms with Crippen molar-refractivity contribution in [3.63, 3.8) is 0 Å². The Kier molecular flexibility index (Phi) is 4.17. The molecule has 0 aromatic carbocycles. The summed E-state index contributed by atoms with van der Waals surface area (Å²) in [7, 11) is -3.75. The Hall–Kier alpha value is -1.85. The molecule has 1 saturated heterocycles. The molecule has 0 aliphatic carbocycles. The van der Waals surface area contributed by atoms with Gasteiger partial charge in [-0.25, -0.2) is 12.8 Å². The number of thiophene rings is 1. The van der Waals surface area contributed by atoms with Gasteiger partial charge in [-0.3, -0.25) is 9.48 Å². The number of alkyl halides is 1. The van der Waals surface area contributed by atoms with Crippen molar-refractivity contribution in [3.8, 4) is 0 Å². The fraction of sp³-hybridized carbons (Fsp3) is 0.417. The predicted octanol–water partition coefficient (Wildman–Crippen LogP) is 0.240. The van der Waals surface area contributed by atoms with E-state index >= 15 is 0 Å². The summed E-state index contributed by atoms with van der Waals surface area (Å²) in [5.74, 6) is -0.728. The Labute approximate surface area is 135 Å². The maximum atomic E-state index is 13.8. The number of rotatable bonds is 5. The van der Waals surface area contributed by atoms with Gasteiger partial charge in [-0.2, -0.15) is 4.31 Å². The SMILES string of the molecule is NC(=O)c1cn(C[C@@H]2C[C@H](F)CN2S(=O)(=O)c2cccs2)nn1. The summed E-state index contributed by atoms with van der Waals surface area (Å²) < 4.78 is 41.6. The molecule has 0 radical (unpaired) electrons. The van der Waals surface area contributed by atoms with Gasteiger partial charge in [-0.05, 0) is 17.9 Å². The second kappa shape index (κ2) is 5.98. The largest absolute Gasteiger partial charge is 0.364 e. The summed E-state index contributed by atoms with van der Waals surface area (Å²) in [4.78, 5) is 11.0. The Morgan fingerprint density at radius 2 is 2.30 bits per heavy atom. The quantitative estimate of drug-likeness (QED) is 0.822. The topological polar surface area (TPSA) is 111 Å². The van der Waals surface area contributed by atoms with Crippen LogP contribution in [0.25, 0.3) is 0 Å². The van der Waals surface area contributed by atoms with E-state index in [1.807, 2.05) is 0 Å². The van der Waals surface area contributed by atoms with E-state index in [1.165, 1.54) is 16.9 Å². The lowest BCUT2D eigenvalue weighted by Gasteiger charge is -2.22. The third kappa shape index (κ3) is 3.12. The van der Waals surface area contributed by atoms with E-state index < -0.39 is 28.1 Å². The molecule has 11 heteroatoms. The van der Waals surface area contributed by atoms with Gasteiger partial charge in [0, 0.05) is 12.6 Å². The molecule has 3 rings (SSSR count). The van der Waals surface area contributed by atoms with Gasteiger partial charge in [0.05, 0.1) is 12.7 Å². The minimum absolute atomic E-state index is 0.0209. The summed E-state index contributed by atoms with van der Waals surface area (Å²) in [6.07, 6.45) is 0.147. The normalized spacial score (nSPS) is 22.5. The molecule has 1 amide bonds. The first kappa shape index (κ1) is 16.0. The van der Waals surface area contributed by atoms with Crippen LogP contribution >= 0.6 is 11.3 Å². The van der Waals surface area contributed by atoms with Crippen LogP contribution in [0.5, 0.6) is 0 Å². The van der Waals surface area contributed by atoms with Crippen LogP contribution in [0.15, 0.2) is 27.9 Å². The number of aromatic nitrogens is 3. The molecule has 8 nitrogen and oxygen atoms in total. The fourth-order valence-corrected chi connectivity index (χ4v) is 5.31. The van der Waals surface area contributed by atoms with Crippen LogP contribution in [0.1, 0.15) is 16.9 Å². The average molecular weight is 359 g/mol. The van der Waals surface area contributed by atoms with E-state index in [2.05, 4.69) is 10.3 Å². The molecule has 0 unspecified atom stereocenters. The molecule has 0 bridgehead atoms. The summed E-state index contributed by atoms with van der Waals surface area (Å²) in [6.45, 7) is -0.0897. The Balaban J connectivity index is 1.83. The van der Waals surface area contributed by atoms with Crippen molar-refractivity contribution in [1.82, 2.24) is 19.3 Å². The first-order valence-electron chi connectivity index (χ1n) is 6.77. The predicted molar refractivity (Wildman–Crippen MR) is 80.1 cm³/mol. The average Bonchev–Trinajstić information content (AvgIpc) is 3.19. The second-order valence-corrected chi connectivity index (χ2v) is 8.25. The van der Waals surface area contributed by atoms with Gasteiger partial charge in [0.15, 0.2) is 5.69 Å². The first-order valence-corrected chi connectivity index (χ1v) is 9.09. The van der Waals surface area contributed by atoms with Gasteiger partial charge in [0.1, 0.15) is 10.4 Å². The standard InChI is InChI=1S/C12H14FN5O3S2/c13-8-4-9(6-17-7-10(12(14)19)15-16-17)18(5-8)23(20,21)11-2-1-3-22-11/h1-3,7-9H,4-6H2,(H2,14,19)/t8-,9-/m0/s1. The Morgan fingerprint density at radius 3 is 2.91 bits per heavy atom. The monoisotopic (exact) mass is 359 g/mol. The number of nitrogens with zero attached hydrogens (tertiary/aromatic N) is 4. The molecule has 3 heterocycles. The number of carbonyl (C=O) groups is 1. The van der Waals surface area contributed by atoms with E-state index in [0.29, 0.717) is 0 Å². The first-order chi connectivity index (χ1) is 10.9. The minimum Gasteiger partial charge on any atom is -0.364 e. The third-order valence-electron chi connectivity index (χ3n) is 3.56. The van der Waals surface area contributed by atoms with Crippen molar-refractivity contribution in [3.05, 3.63) is 29.4 Å². The number of carbonyl (C=O) groups excluding carboxylic acids is 1. The highest BCUT2D eigenvalue weighted by molar-refractivity contribution is 7.91. The molecule has 2 aromatic rings. The lowest BCUT2D eigenvalue weighted by molar-refractivity contribution is 0.0995. The van der Waals surface area contributed by atoms with Gasteiger partial charge in [0.2, 0.25) is 0 Å².